The second-order valence-electron chi connectivity index (χ2n) is 11.5. The molecule has 1 aliphatic rings. The van der Waals surface area contributed by atoms with Crippen LogP contribution in [-0.2, 0) is 20.7 Å². The highest BCUT2D eigenvalue weighted by Crippen LogP contribution is 2.32. The molecule has 1 fully saturated rings. The van der Waals surface area contributed by atoms with Crippen LogP contribution in [0.1, 0.15) is 40.8 Å². The van der Waals surface area contributed by atoms with E-state index in [1.807, 2.05) is 91.0 Å². The molecule has 4 N–H and O–H groups in total. The molecule has 6 rings (SSSR count). The molecule has 0 unspecified atom stereocenters. The molecule has 46 heavy (non-hydrogen) atoms. The lowest BCUT2D eigenvalue weighted by Crippen LogP contribution is -2.50. The molecule has 0 spiro atoms. The Bertz CT molecular complexity index is 1750. The van der Waals surface area contributed by atoms with Gasteiger partial charge in [0.15, 0.2) is 0 Å². The number of nitrogens with one attached hydrogen (secondary N) is 2. The van der Waals surface area contributed by atoms with Crippen molar-refractivity contribution in [3.05, 3.63) is 137 Å². The van der Waals surface area contributed by atoms with Crippen molar-refractivity contribution in [1.29, 1.82) is 0 Å². The van der Waals surface area contributed by atoms with Crippen LogP contribution in [0.25, 0.3) is 10.9 Å². The van der Waals surface area contributed by atoms with Gasteiger partial charge in [-0.1, -0.05) is 96.5 Å². The topological polar surface area (TPSA) is 110 Å². The number of amides is 2. The Balaban J connectivity index is 1.18. The van der Waals surface area contributed by atoms with E-state index in [2.05, 4.69) is 16.4 Å². The van der Waals surface area contributed by atoms with Crippen LogP contribution >= 0.6 is 11.6 Å². The third-order valence-electron chi connectivity index (χ3n) is 8.61. The first-order valence-electron chi connectivity index (χ1n) is 15.4. The first-order valence-corrected chi connectivity index (χ1v) is 15.8. The number of ether oxygens (including phenoxy) is 2. The van der Waals surface area contributed by atoms with Crippen molar-refractivity contribution in [2.24, 2.45) is 5.73 Å². The van der Waals surface area contributed by atoms with E-state index in [1.165, 1.54) is 7.11 Å². The van der Waals surface area contributed by atoms with Gasteiger partial charge < -0.3 is 25.5 Å². The maximum Gasteiger partial charge on any atom is 0.420 e. The molecule has 2 heterocycles. The molecule has 0 aliphatic carbocycles. The number of fused-ring (bicyclic) bond motifs is 1. The van der Waals surface area contributed by atoms with Crippen LogP contribution in [0.5, 0.6) is 0 Å². The van der Waals surface area contributed by atoms with Crippen LogP contribution in [0.2, 0.25) is 5.02 Å². The zero-order chi connectivity index (χ0) is 32.0. The second-order valence-corrected chi connectivity index (χ2v) is 11.9. The summed E-state index contributed by atoms with van der Waals surface area (Å²) in [5.41, 5.74) is 11.8. The van der Waals surface area contributed by atoms with Crippen molar-refractivity contribution in [3.8, 4) is 0 Å². The molecule has 3 atom stereocenters. The number of benzene rings is 4. The summed E-state index contributed by atoms with van der Waals surface area (Å²) >= 11 is 6.37. The Morgan fingerprint density at radius 3 is 2.26 bits per heavy atom. The number of carbonyl (C=O) groups is 2. The lowest BCUT2D eigenvalue weighted by atomic mass is 9.84. The number of hydrogen-bond donors (Lipinski definition) is 3. The number of morpholine rings is 1. The molecule has 0 bridgehead atoms. The molecule has 236 valence electrons. The largest absolute Gasteiger partial charge is 0.452 e. The smallest absolute Gasteiger partial charge is 0.420 e. The number of methoxy groups -OCH3 is 1. The number of aromatic amines is 1. The SMILES string of the molecule is COC(=O)N(C(=O)[C@@H](N)C(c1ccccc1)c1ccccc1)c1ccccc1CC[C@@H]1CN[C@H](c2cc3c(Cl)cccc3[nH]2)CO1. The summed E-state index contributed by atoms with van der Waals surface area (Å²) in [6.07, 6.45) is 0.416. The summed E-state index contributed by atoms with van der Waals surface area (Å²) in [7, 11) is 1.27. The fourth-order valence-corrected chi connectivity index (χ4v) is 6.44. The number of para-hydroxylation sites is 1. The molecule has 0 radical (unpaired) electrons. The van der Waals surface area contributed by atoms with E-state index >= 15 is 0 Å². The first kappa shape index (κ1) is 31.5. The van der Waals surface area contributed by atoms with E-state index in [0.29, 0.717) is 36.7 Å². The predicted octanol–water partition coefficient (Wildman–Crippen LogP) is 6.74. The average molecular weight is 637 g/mol. The summed E-state index contributed by atoms with van der Waals surface area (Å²) in [6.45, 7) is 1.15. The number of rotatable bonds is 9. The minimum absolute atomic E-state index is 0.0168. The zero-order valence-electron chi connectivity index (χ0n) is 25.6. The van der Waals surface area contributed by atoms with Crippen molar-refractivity contribution in [1.82, 2.24) is 10.3 Å². The molecule has 9 heteroatoms. The van der Waals surface area contributed by atoms with Gasteiger partial charge in [0.2, 0.25) is 0 Å². The maximum absolute atomic E-state index is 14.2. The van der Waals surface area contributed by atoms with Crippen LogP contribution in [0, 0.1) is 0 Å². The van der Waals surface area contributed by atoms with Crippen molar-refractivity contribution in [2.45, 2.75) is 36.9 Å². The Kier molecular flexibility index (Phi) is 9.80. The lowest BCUT2D eigenvalue weighted by Gasteiger charge is -2.31. The summed E-state index contributed by atoms with van der Waals surface area (Å²) in [4.78, 5) is 32.0. The minimum atomic E-state index is -1.06. The highest BCUT2D eigenvalue weighted by Gasteiger charge is 2.36. The van der Waals surface area contributed by atoms with Gasteiger partial charge in [0.05, 0.1) is 37.6 Å². The third-order valence-corrected chi connectivity index (χ3v) is 8.93. The molecule has 1 aromatic heterocycles. The highest BCUT2D eigenvalue weighted by atomic mass is 35.5. The number of nitrogens with two attached hydrogens (primary N) is 1. The molecule has 8 nitrogen and oxygen atoms in total. The Hall–Kier alpha value is -4.47. The van der Waals surface area contributed by atoms with Gasteiger partial charge in [-0.2, -0.15) is 0 Å². The first-order chi connectivity index (χ1) is 22.4. The van der Waals surface area contributed by atoms with Crippen molar-refractivity contribution in [2.75, 3.05) is 25.2 Å². The molecule has 0 saturated carbocycles. The van der Waals surface area contributed by atoms with Crippen LogP contribution < -0.4 is 16.0 Å². The third kappa shape index (κ3) is 6.71. The standard InChI is InChI=1S/C37H37ClN4O4/c1-45-37(44)42(36(43)35(39)34(25-12-4-2-5-13-25)26-14-6-3-7-15-26)33-18-9-8-11-24(33)19-20-27-22-40-32(23-46-27)31-21-28-29(38)16-10-17-30(28)41-31/h2-18,21,27,32,34-35,40-41H,19-20,22-23,39H2,1H3/t27-,32+,35+/m1/s1. The molecule has 2 amide bonds. The summed E-state index contributed by atoms with van der Waals surface area (Å²) in [5, 5.41) is 5.29. The van der Waals surface area contributed by atoms with Gasteiger partial charge in [0.1, 0.15) is 0 Å². The number of halogens is 1. The molecule has 1 aliphatic heterocycles. The number of nitrogens with zero attached hydrogens (tertiary/aromatic N) is 1. The number of anilines is 1. The Labute approximate surface area is 273 Å². The fourth-order valence-electron chi connectivity index (χ4n) is 6.21. The van der Waals surface area contributed by atoms with Crippen LogP contribution in [0.15, 0.2) is 109 Å². The summed E-state index contributed by atoms with van der Waals surface area (Å²) in [6, 6.07) is 33.5. The molecule has 4 aromatic carbocycles. The van der Waals surface area contributed by atoms with E-state index in [9.17, 15) is 9.59 Å². The lowest BCUT2D eigenvalue weighted by molar-refractivity contribution is -0.119. The van der Waals surface area contributed by atoms with Gasteiger partial charge in [-0.3, -0.25) is 4.79 Å². The number of carbonyl (C=O) groups excluding carboxylic acids is 2. The second kappa shape index (κ2) is 14.3. The predicted molar refractivity (Wildman–Crippen MR) is 181 cm³/mol. The quantitative estimate of drug-likeness (QED) is 0.165. The monoisotopic (exact) mass is 636 g/mol. The number of imide groups is 1. The van der Waals surface area contributed by atoms with Gasteiger partial charge in [-0.05, 0) is 53.8 Å². The zero-order valence-corrected chi connectivity index (χ0v) is 26.3. The van der Waals surface area contributed by atoms with Crippen molar-refractivity contribution in [3.63, 3.8) is 0 Å². The fraction of sp³-hybridized carbons (Fsp3) is 0.243. The van der Waals surface area contributed by atoms with Crippen LogP contribution in [-0.4, -0.2) is 49.4 Å². The molecule has 1 saturated heterocycles. The van der Waals surface area contributed by atoms with Gasteiger partial charge in [-0.25, -0.2) is 9.69 Å². The van der Waals surface area contributed by atoms with Gasteiger partial charge in [-0.15, -0.1) is 0 Å². The number of hydrogen-bond acceptors (Lipinski definition) is 6. The van der Waals surface area contributed by atoms with Crippen molar-refractivity contribution < 1.29 is 19.1 Å². The minimum Gasteiger partial charge on any atom is -0.452 e. The van der Waals surface area contributed by atoms with E-state index < -0.39 is 24.0 Å². The van der Waals surface area contributed by atoms with Crippen LogP contribution in [0.3, 0.4) is 0 Å². The molecular weight excluding hydrogens is 600 g/mol. The number of H-pyrrole nitrogens is 1. The van der Waals surface area contributed by atoms with Gasteiger partial charge >= 0.3 is 6.09 Å². The maximum atomic E-state index is 14.2. The van der Waals surface area contributed by atoms with E-state index in [1.54, 1.807) is 12.1 Å². The average Bonchev–Trinajstić information content (AvgIpc) is 3.55. The van der Waals surface area contributed by atoms with Gasteiger partial charge in [0, 0.05) is 34.1 Å². The normalized spacial score (nSPS) is 17.1. The molecular formula is C37H37ClN4O4. The van der Waals surface area contributed by atoms with Crippen LogP contribution in [0.4, 0.5) is 10.5 Å². The number of aryl methyl sites for hydroxylation is 1. The van der Waals surface area contributed by atoms with E-state index in [-0.39, 0.29) is 12.1 Å². The Morgan fingerprint density at radius 1 is 0.957 bits per heavy atom. The number of aromatic nitrogens is 1. The van der Waals surface area contributed by atoms with Crippen molar-refractivity contribution >= 4 is 40.2 Å². The summed E-state index contributed by atoms with van der Waals surface area (Å²) < 4.78 is 11.4. The van der Waals surface area contributed by atoms with E-state index in [0.717, 1.165) is 38.2 Å². The van der Waals surface area contributed by atoms with E-state index in [4.69, 9.17) is 26.8 Å². The van der Waals surface area contributed by atoms with Gasteiger partial charge in [0.25, 0.3) is 5.91 Å². The Morgan fingerprint density at radius 2 is 1.63 bits per heavy atom. The summed E-state index contributed by atoms with van der Waals surface area (Å²) in [5.74, 6) is -1.02. The molecule has 5 aromatic rings. The highest BCUT2D eigenvalue weighted by molar-refractivity contribution is 6.35.